The molecule has 10 heteroatoms. The number of phenolic OH excluding ortho intramolecular Hbond substituents is 1. The van der Waals surface area contributed by atoms with E-state index in [0.717, 1.165) is 12.1 Å². The van der Waals surface area contributed by atoms with Crippen molar-refractivity contribution in [3.05, 3.63) is 18.2 Å². The second-order valence-electron chi connectivity index (χ2n) is 2.58. The van der Waals surface area contributed by atoms with Gasteiger partial charge in [0.25, 0.3) is 20.2 Å². The molecule has 1 aromatic carbocycles. The quantitative estimate of drug-likeness (QED) is 0.388. The Morgan fingerprint density at radius 2 is 1.50 bits per heavy atom. The first-order valence-electron chi connectivity index (χ1n) is 3.40. The Hall–Kier alpha value is -0.160. The van der Waals surface area contributed by atoms with Crippen molar-refractivity contribution in [1.29, 1.82) is 0 Å². The zero-order valence-corrected chi connectivity index (χ0v) is 11.7. The number of hydrogen-bond donors (Lipinski definition) is 3. The normalized spacial score (nSPS) is 11.9. The van der Waals surface area contributed by atoms with E-state index in [1.807, 2.05) is 0 Å². The average molecular weight is 278 g/mol. The van der Waals surface area contributed by atoms with E-state index in [0.29, 0.717) is 6.07 Å². The van der Waals surface area contributed by atoms with Gasteiger partial charge in [-0.1, -0.05) is 0 Å². The van der Waals surface area contributed by atoms with Crippen LogP contribution >= 0.6 is 0 Å². The van der Waals surface area contributed by atoms with Crippen LogP contribution in [0.25, 0.3) is 0 Å². The number of benzene rings is 1. The topological polar surface area (TPSA) is 129 Å². The third-order valence-electron chi connectivity index (χ3n) is 1.51. The van der Waals surface area contributed by atoms with E-state index in [9.17, 15) is 16.8 Å². The third kappa shape index (κ3) is 3.70. The van der Waals surface area contributed by atoms with Crippen molar-refractivity contribution in [2.75, 3.05) is 0 Å². The molecule has 0 atom stereocenters. The first-order valence-corrected chi connectivity index (χ1v) is 6.28. The molecule has 3 N–H and O–H groups in total. The van der Waals surface area contributed by atoms with Gasteiger partial charge in [0.1, 0.15) is 10.6 Å². The summed E-state index contributed by atoms with van der Waals surface area (Å²) in [7, 11) is -9.33. The molecular formula is C6H7NaO7S2. The first-order chi connectivity index (χ1) is 6.62. The maximum atomic E-state index is 10.7. The van der Waals surface area contributed by atoms with Crippen LogP contribution in [0.1, 0.15) is 1.43 Å². The summed E-state index contributed by atoms with van der Waals surface area (Å²) < 4.78 is 59.7. The predicted octanol–water partition coefficient (Wildman–Crippen LogP) is -3.00. The number of rotatable bonds is 2. The smallest absolute Gasteiger partial charge is 1.00 e. The zero-order chi connectivity index (χ0) is 11.9. The second-order valence-corrected chi connectivity index (χ2v) is 5.39. The van der Waals surface area contributed by atoms with Gasteiger partial charge in [0.05, 0.1) is 4.90 Å². The molecule has 0 aromatic heterocycles. The number of aromatic hydroxyl groups is 1. The largest absolute Gasteiger partial charge is 1.00 e. The van der Waals surface area contributed by atoms with Gasteiger partial charge in [-0.15, -0.1) is 0 Å². The Morgan fingerprint density at radius 1 is 1.00 bits per heavy atom. The molecular weight excluding hydrogens is 271 g/mol. The molecule has 0 saturated carbocycles. The summed E-state index contributed by atoms with van der Waals surface area (Å²) in [6.45, 7) is 0. The molecule has 16 heavy (non-hydrogen) atoms. The molecule has 0 radical (unpaired) electrons. The maximum Gasteiger partial charge on any atom is 1.00 e. The summed E-state index contributed by atoms with van der Waals surface area (Å²) >= 11 is 0. The minimum absolute atomic E-state index is 0. The Labute approximate surface area is 115 Å². The van der Waals surface area contributed by atoms with E-state index in [1.165, 1.54) is 0 Å². The van der Waals surface area contributed by atoms with Gasteiger partial charge in [-0.3, -0.25) is 9.11 Å². The van der Waals surface area contributed by atoms with Crippen LogP contribution in [0.15, 0.2) is 28.0 Å². The summed E-state index contributed by atoms with van der Waals surface area (Å²) in [4.78, 5) is -1.73. The fourth-order valence-corrected chi connectivity index (χ4v) is 2.05. The minimum atomic E-state index is -4.74. The van der Waals surface area contributed by atoms with Gasteiger partial charge in [-0.05, 0) is 18.2 Å². The Kier molecular flexibility index (Phi) is 4.95. The van der Waals surface area contributed by atoms with Gasteiger partial charge < -0.3 is 6.53 Å². The summed E-state index contributed by atoms with van der Waals surface area (Å²) in [6, 6.07) is 1.96. The van der Waals surface area contributed by atoms with Crippen molar-refractivity contribution < 1.29 is 62.0 Å². The van der Waals surface area contributed by atoms with Crippen molar-refractivity contribution >= 4 is 20.2 Å². The van der Waals surface area contributed by atoms with Crippen LogP contribution in [-0.4, -0.2) is 31.0 Å². The van der Waals surface area contributed by atoms with Crippen LogP contribution in [0.3, 0.4) is 0 Å². The number of hydrogen-bond acceptors (Lipinski definition) is 5. The molecule has 1 rings (SSSR count). The molecule has 0 amide bonds. The van der Waals surface area contributed by atoms with Gasteiger partial charge in [0.15, 0.2) is 0 Å². The molecule has 86 valence electrons. The van der Waals surface area contributed by atoms with E-state index >= 15 is 0 Å². The van der Waals surface area contributed by atoms with Crippen LogP contribution in [0.4, 0.5) is 0 Å². The molecule has 7 nitrogen and oxygen atoms in total. The molecule has 0 fully saturated rings. The molecule has 0 unspecified atom stereocenters. The molecule has 0 bridgehead atoms. The van der Waals surface area contributed by atoms with E-state index in [2.05, 4.69) is 0 Å². The molecule has 0 aliphatic rings. The summed E-state index contributed by atoms with van der Waals surface area (Å²) in [5.41, 5.74) is 0. The van der Waals surface area contributed by atoms with E-state index < -0.39 is 35.8 Å². The summed E-state index contributed by atoms with van der Waals surface area (Å²) in [5.74, 6) is -0.815. The maximum absolute atomic E-state index is 10.7. The third-order valence-corrected chi connectivity index (χ3v) is 3.24. The Morgan fingerprint density at radius 3 is 1.88 bits per heavy atom. The Bertz CT molecular complexity index is 595. The van der Waals surface area contributed by atoms with Crippen LogP contribution in [-0.2, 0) is 20.2 Å². The predicted molar refractivity (Wildman–Crippen MR) is 48.8 cm³/mol. The first kappa shape index (κ1) is 15.8. The van der Waals surface area contributed by atoms with Crippen LogP contribution in [0.5, 0.6) is 5.75 Å². The average Bonchev–Trinajstić information content (AvgIpc) is 2.00. The molecule has 0 heterocycles. The van der Waals surface area contributed by atoms with Crippen molar-refractivity contribution in [2.24, 2.45) is 0 Å². The molecule has 0 spiro atoms. The standard InChI is InChI=1S/C6H6O7S2.Na.H/c7-5-2-1-4(14(8,9)10)3-6(5)15(11,12)13;;/h1-3,7H,(H,8,9,10)(H,11,12,13);;/q;+1;-1. The van der Waals surface area contributed by atoms with Crippen molar-refractivity contribution in [3.63, 3.8) is 0 Å². The van der Waals surface area contributed by atoms with Gasteiger partial charge in [-0.25, -0.2) is 0 Å². The Balaban J connectivity index is 0. The molecule has 1 aromatic rings. The molecule has 0 saturated heterocycles. The van der Waals surface area contributed by atoms with Gasteiger partial charge in [-0.2, -0.15) is 16.8 Å². The summed E-state index contributed by atoms with van der Waals surface area (Å²) in [5, 5.41) is 9.02. The molecule has 0 aliphatic heterocycles. The molecule has 0 aliphatic carbocycles. The van der Waals surface area contributed by atoms with Gasteiger partial charge in [0, 0.05) is 0 Å². The van der Waals surface area contributed by atoms with E-state index in [-0.39, 0.29) is 31.0 Å². The monoisotopic (exact) mass is 278 g/mol. The van der Waals surface area contributed by atoms with E-state index in [4.69, 9.17) is 14.2 Å². The van der Waals surface area contributed by atoms with Crippen LogP contribution in [0.2, 0.25) is 0 Å². The fourth-order valence-electron chi connectivity index (χ4n) is 0.862. The fraction of sp³-hybridized carbons (Fsp3) is 0. The van der Waals surface area contributed by atoms with Crippen LogP contribution < -0.4 is 29.6 Å². The summed E-state index contributed by atoms with van der Waals surface area (Å²) in [6.07, 6.45) is 0. The number of phenols is 1. The van der Waals surface area contributed by atoms with Crippen molar-refractivity contribution in [3.8, 4) is 5.75 Å². The minimum Gasteiger partial charge on any atom is -1.00 e. The van der Waals surface area contributed by atoms with Crippen molar-refractivity contribution in [2.45, 2.75) is 9.79 Å². The zero-order valence-electron chi connectivity index (χ0n) is 9.02. The van der Waals surface area contributed by atoms with Gasteiger partial charge >= 0.3 is 29.6 Å². The van der Waals surface area contributed by atoms with Gasteiger partial charge in [0.2, 0.25) is 0 Å². The van der Waals surface area contributed by atoms with Crippen LogP contribution in [0, 0.1) is 0 Å². The van der Waals surface area contributed by atoms with Crippen molar-refractivity contribution in [1.82, 2.24) is 0 Å². The SMILES string of the molecule is O=S(=O)(O)c1ccc(O)c(S(=O)(=O)O)c1.[H-].[Na+]. The second kappa shape index (κ2) is 5.00. The van der Waals surface area contributed by atoms with E-state index in [1.54, 1.807) is 0 Å².